The maximum atomic E-state index is 12.7. The molecule has 1 aromatic carbocycles. The normalized spacial score (nSPS) is 21.8. The van der Waals surface area contributed by atoms with Crippen LogP contribution in [-0.2, 0) is 4.74 Å². The van der Waals surface area contributed by atoms with E-state index in [1.54, 1.807) is 0 Å². The van der Waals surface area contributed by atoms with Crippen LogP contribution in [0.15, 0.2) is 29.3 Å². The monoisotopic (exact) mass is 569 g/mol. The molecule has 0 saturated carbocycles. The van der Waals surface area contributed by atoms with Crippen molar-refractivity contribution in [3.05, 3.63) is 35.4 Å². The quantitative estimate of drug-likeness (QED) is 0.300. The Morgan fingerprint density at radius 3 is 2.66 bits per heavy atom. The molecule has 0 spiro atoms. The number of halogens is 4. The molecule has 2 atom stereocenters. The maximum absolute atomic E-state index is 12.7. The molecule has 0 aromatic heterocycles. The highest BCUT2D eigenvalue weighted by atomic mass is 127. The molecule has 2 aliphatic heterocycles. The van der Waals surface area contributed by atoms with Crippen LogP contribution in [0.4, 0.5) is 13.2 Å². The van der Waals surface area contributed by atoms with Crippen molar-refractivity contribution in [2.75, 3.05) is 59.0 Å². The SMILES string of the molecule is CCNC(=NCC(c1cccc(C)c1)N1CCOCC1)NC1CCN(CC(F)(F)F)C1.I. The number of aliphatic imine (C=N–C) groups is 1. The van der Waals surface area contributed by atoms with Crippen LogP contribution >= 0.6 is 24.0 Å². The van der Waals surface area contributed by atoms with Gasteiger partial charge in [-0.2, -0.15) is 13.2 Å². The number of guanidine groups is 1. The minimum absolute atomic E-state index is 0. The first kappa shape index (κ1) is 27.1. The number of aryl methyl sites for hydroxylation is 1. The van der Waals surface area contributed by atoms with Gasteiger partial charge < -0.3 is 15.4 Å². The first-order valence-corrected chi connectivity index (χ1v) is 11.1. The third kappa shape index (κ3) is 8.68. The van der Waals surface area contributed by atoms with Gasteiger partial charge in [0.1, 0.15) is 0 Å². The van der Waals surface area contributed by atoms with E-state index in [0.717, 1.165) is 13.1 Å². The number of morpholine rings is 1. The molecule has 3 rings (SSSR count). The smallest absolute Gasteiger partial charge is 0.379 e. The van der Waals surface area contributed by atoms with Crippen molar-refractivity contribution in [2.24, 2.45) is 4.99 Å². The molecule has 0 bridgehead atoms. The lowest BCUT2D eigenvalue weighted by Gasteiger charge is -2.34. The Labute approximate surface area is 206 Å². The largest absolute Gasteiger partial charge is 0.401 e. The molecule has 2 heterocycles. The zero-order valence-electron chi connectivity index (χ0n) is 18.8. The predicted molar refractivity (Wildman–Crippen MR) is 132 cm³/mol. The maximum Gasteiger partial charge on any atom is 0.401 e. The van der Waals surface area contributed by atoms with E-state index >= 15 is 0 Å². The Hall–Kier alpha value is -1.11. The molecule has 10 heteroatoms. The van der Waals surface area contributed by atoms with Crippen LogP contribution in [0.5, 0.6) is 0 Å². The van der Waals surface area contributed by atoms with Gasteiger partial charge in [0.2, 0.25) is 0 Å². The Morgan fingerprint density at radius 2 is 2.00 bits per heavy atom. The van der Waals surface area contributed by atoms with Crippen LogP contribution in [0.3, 0.4) is 0 Å². The van der Waals surface area contributed by atoms with Crippen molar-refractivity contribution < 1.29 is 17.9 Å². The van der Waals surface area contributed by atoms with Gasteiger partial charge in [-0.05, 0) is 25.8 Å². The summed E-state index contributed by atoms with van der Waals surface area (Å²) >= 11 is 0. The number of hydrogen-bond acceptors (Lipinski definition) is 4. The summed E-state index contributed by atoms with van der Waals surface area (Å²) in [5.41, 5.74) is 2.43. The van der Waals surface area contributed by atoms with E-state index in [0.29, 0.717) is 51.8 Å². The van der Waals surface area contributed by atoms with Crippen LogP contribution in [0, 0.1) is 6.92 Å². The van der Waals surface area contributed by atoms with Crippen LogP contribution in [-0.4, -0.2) is 87.0 Å². The first-order chi connectivity index (χ1) is 14.8. The van der Waals surface area contributed by atoms with Gasteiger partial charge >= 0.3 is 6.18 Å². The minimum Gasteiger partial charge on any atom is -0.379 e. The van der Waals surface area contributed by atoms with E-state index in [2.05, 4.69) is 46.7 Å². The highest BCUT2D eigenvalue weighted by Gasteiger charge is 2.34. The molecule has 1 aromatic rings. The van der Waals surface area contributed by atoms with E-state index in [9.17, 15) is 13.2 Å². The highest BCUT2D eigenvalue weighted by molar-refractivity contribution is 14.0. The highest BCUT2D eigenvalue weighted by Crippen LogP contribution is 2.24. The van der Waals surface area contributed by atoms with Gasteiger partial charge in [0.15, 0.2) is 5.96 Å². The molecule has 182 valence electrons. The average molecular weight is 569 g/mol. The van der Waals surface area contributed by atoms with E-state index in [1.807, 2.05) is 6.92 Å². The molecular weight excluding hydrogens is 534 g/mol. The Kier molecular flexibility index (Phi) is 11.0. The standard InChI is InChI=1S/C22H34F3N5O.HI/c1-3-26-21(28-19-7-8-29(15-19)16-22(23,24)25)27-14-20(30-9-11-31-12-10-30)18-6-4-5-17(2)13-18;/h4-6,13,19-20H,3,7-12,14-16H2,1-2H3,(H2,26,27,28);1H. The molecule has 2 fully saturated rings. The molecule has 0 amide bonds. The number of hydrogen-bond donors (Lipinski definition) is 2. The average Bonchev–Trinajstić information content (AvgIpc) is 3.14. The number of nitrogens with one attached hydrogen (secondary N) is 2. The number of likely N-dealkylation sites (tertiary alicyclic amines) is 1. The van der Waals surface area contributed by atoms with Gasteiger partial charge in [0, 0.05) is 38.8 Å². The predicted octanol–water partition coefficient (Wildman–Crippen LogP) is 3.18. The fourth-order valence-electron chi connectivity index (χ4n) is 4.24. The number of benzene rings is 1. The topological polar surface area (TPSA) is 52.1 Å². The lowest BCUT2D eigenvalue weighted by Crippen LogP contribution is -2.46. The van der Waals surface area contributed by atoms with Gasteiger partial charge in [0.25, 0.3) is 0 Å². The first-order valence-electron chi connectivity index (χ1n) is 11.1. The van der Waals surface area contributed by atoms with Gasteiger partial charge in [0.05, 0.1) is 32.3 Å². The Bertz CT molecular complexity index is 728. The van der Waals surface area contributed by atoms with Gasteiger partial charge in [-0.1, -0.05) is 29.8 Å². The summed E-state index contributed by atoms with van der Waals surface area (Å²) in [6.07, 6.45) is -3.49. The molecule has 32 heavy (non-hydrogen) atoms. The van der Waals surface area contributed by atoms with Crippen molar-refractivity contribution in [1.82, 2.24) is 20.4 Å². The fourth-order valence-corrected chi connectivity index (χ4v) is 4.24. The summed E-state index contributed by atoms with van der Waals surface area (Å²) in [5.74, 6) is 0.660. The minimum atomic E-state index is -4.16. The van der Waals surface area contributed by atoms with E-state index in [1.165, 1.54) is 16.0 Å². The summed E-state index contributed by atoms with van der Waals surface area (Å²) in [5, 5.41) is 6.59. The lowest BCUT2D eigenvalue weighted by atomic mass is 10.0. The van der Waals surface area contributed by atoms with Gasteiger partial charge in [-0.15, -0.1) is 24.0 Å². The van der Waals surface area contributed by atoms with Crippen LogP contribution in [0.2, 0.25) is 0 Å². The van der Waals surface area contributed by atoms with Gasteiger partial charge in [-0.3, -0.25) is 14.8 Å². The van der Waals surface area contributed by atoms with Gasteiger partial charge in [-0.25, -0.2) is 0 Å². The Balaban J connectivity index is 0.00000363. The number of nitrogens with zero attached hydrogens (tertiary/aromatic N) is 3. The van der Waals surface area contributed by atoms with E-state index in [-0.39, 0.29) is 36.1 Å². The molecule has 2 aliphatic rings. The molecule has 0 aliphatic carbocycles. The number of rotatable bonds is 7. The van der Waals surface area contributed by atoms with Crippen LogP contribution in [0.1, 0.15) is 30.5 Å². The van der Waals surface area contributed by atoms with Crippen LogP contribution < -0.4 is 10.6 Å². The van der Waals surface area contributed by atoms with Crippen molar-refractivity contribution in [1.29, 1.82) is 0 Å². The summed E-state index contributed by atoms with van der Waals surface area (Å²) in [4.78, 5) is 8.67. The summed E-state index contributed by atoms with van der Waals surface area (Å²) in [6, 6.07) is 8.57. The second-order valence-corrected chi connectivity index (χ2v) is 8.28. The third-order valence-electron chi connectivity index (χ3n) is 5.70. The third-order valence-corrected chi connectivity index (χ3v) is 5.70. The molecular formula is C22H35F3IN5O. The summed E-state index contributed by atoms with van der Waals surface area (Å²) in [6.45, 7) is 8.41. The molecule has 2 saturated heterocycles. The second kappa shape index (κ2) is 13.0. The zero-order valence-corrected chi connectivity index (χ0v) is 21.2. The van der Waals surface area contributed by atoms with Crippen molar-refractivity contribution >= 4 is 29.9 Å². The fraction of sp³-hybridized carbons (Fsp3) is 0.682. The number of ether oxygens (including phenoxy) is 1. The Morgan fingerprint density at radius 1 is 1.25 bits per heavy atom. The van der Waals surface area contributed by atoms with Crippen molar-refractivity contribution in [2.45, 2.75) is 38.5 Å². The summed E-state index contributed by atoms with van der Waals surface area (Å²) < 4.78 is 43.6. The number of alkyl halides is 3. The van der Waals surface area contributed by atoms with Crippen LogP contribution in [0.25, 0.3) is 0 Å². The molecule has 2 unspecified atom stereocenters. The van der Waals surface area contributed by atoms with Crippen molar-refractivity contribution in [3.8, 4) is 0 Å². The second-order valence-electron chi connectivity index (χ2n) is 8.28. The molecule has 2 N–H and O–H groups in total. The van der Waals surface area contributed by atoms with Crippen molar-refractivity contribution in [3.63, 3.8) is 0 Å². The molecule has 0 radical (unpaired) electrons. The summed E-state index contributed by atoms with van der Waals surface area (Å²) in [7, 11) is 0. The van der Waals surface area contributed by atoms with E-state index in [4.69, 9.17) is 9.73 Å². The molecule has 6 nitrogen and oxygen atoms in total. The lowest BCUT2D eigenvalue weighted by molar-refractivity contribution is -0.143. The zero-order chi connectivity index (χ0) is 22.3. The van der Waals surface area contributed by atoms with E-state index < -0.39 is 12.7 Å².